The fourth-order valence-corrected chi connectivity index (χ4v) is 2.27. The summed E-state index contributed by atoms with van der Waals surface area (Å²) < 4.78 is 0. The summed E-state index contributed by atoms with van der Waals surface area (Å²) in [5, 5.41) is 3.61. The lowest BCUT2D eigenvalue weighted by Crippen LogP contribution is -2.14. The van der Waals surface area contributed by atoms with Gasteiger partial charge in [-0.3, -0.25) is 4.79 Å². The van der Waals surface area contributed by atoms with Gasteiger partial charge in [0.15, 0.2) is 0 Å². The van der Waals surface area contributed by atoms with Crippen LogP contribution in [0.25, 0.3) is 0 Å². The zero-order valence-electron chi connectivity index (χ0n) is 10.5. The number of hydrogen-bond donors (Lipinski definition) is 2. The Morgan fingerprint density at radius 2 is 1.70 bits per heavy atom. The molecule has 0 atom stereocenters. The van der Waals surface area contributed by atoms with Gasteiger partial charge >= 0.3 is 0 Å². The molecular weight excluding hydrogens is 319 g/mol. The highest BCUT2D eigenvalue weighted by atomic mass is 35.5. The molecule has 0 aliphatic carbocycles. The Labute approximate surface area is 131 Å². The minimum absolute atomic E-state index is 0.305. The van der Waals surface area contributed by atoms with E-state index in [0.717, 1.165) is 5.56 Å². The molecule has 3 nitrogen and oxygen atoms in total. The molecule has 3 N–H and O–H groups in total. The van der Waals surface area contributed by atoms with Gasteiger partial charge in [0, 0.05) is 5.69 Å². The number of halogens is 3. The molecule has 0 unspecified atom stereocenters. The molecule has 0 aromatic heterocycles. The zero-order chi connectivity index (χ0) is 14.9. The van der Waals surface area contributed by atoms with Crippen molar-refractivity contribution in [1.29, 1.82) is 0 Å². The molecule has 0 heterocycles. The second kappa shape index (κ2) is 5.92. The summed E-state index contributed by atoms with van der Waals surface area (Å²) in [6, 6.07) is 8.19. The molecule has 2 aromatic carbocycles. The minimum atomic E-state index is -0.355. The molecule has 0 spiro atoms. The number of benzene rings is 2. The van der Waals surface area contributed by atoms with Crippen LogP contribution >= 0.6 is 34.8 Å². The Kier molecular flexibility index (Phi) is 4.43. The van der Waals surface area contributed by atoms with Crippen LogP contribution in [0.2, 0.25) is 15.1 Å². The number of amides is 1. The Morgan fingerprint density at radius 1 is 1.05 bits per heavy atom. The Balaban J connectivity index is 2.32. The van der Waals surface area contributed by atoms with Crippen molar-refractivity contribution in [3.8, 4) is 0 Å². The van der Waals surface area contributed by atoms with E-state index in [4.69, 9.17) is 40.5 Å². The fourth-order valence-electron chi connectivity index (χ4n) is 1.67. The molecular formula is C14H11Cl3N2O. The second-order valence-corrected chi connectivity index (χ2v) is 5.51. The predicted octanol–water partition coefficient (Wildman–Crippen LogP) is 4.79. The lowest BCUT2D eigenvalue weighted by atomic mass is 10.1. The Hall–Kier alpha value is -1.42. The number of anilines is 2. The number of rotatable bonds is 2. The summed E-state index contributed by atoms with van der Waals surface area (Å²) in [4.78, 5) is 12.2. The smallest absolute Gasteiger partial charge is 0.257 e. The number of hydrogen-bond acceptors (Lipinski definition) is 2. The summed E-state index contributed by atoms with van der Waals surface area (Å²) in [5.41, 5.74) is 7.89. The van der Waals surface area contributed by atoms with Gasteiger partial charge in [0.1, 0.15) is 0 Å². The van der Waals surface area contributed by atoms with E-state index in [9.17, 15) is 4.79 Å². The van der Waals surface area contributed by atoms with Crippen molar-refractivity contribution in [3.05, 3.63) is 56.5 Å². The molecule has 0 saturated carbocycles. The monoisotopic (exact) mass is 328 g/mol. The van der Waals surface area contributed by atoms with E-state index in [1.165, 1.54) is 12.1 Å². The van der Waals surface area contributed by atoms with Gasteiger partial charge in [-0.2, -0.15) is 0 Å². The van der Waals surface area contributed by atoms with Crippen molar-refractivity contribution in [3.63, 3.8) is 0 Å². The Morgan fingerprint density at radius 3 is 2.40 bits per heavy atom. The summed E-state index contributed by atoms with van der Waals surface area (Å²) in [5.74, 6) is -0.355. The number of nitrogens with two attached hydrogens (primary N) is 1. The number of carbonyl (C=O) groups is 1. The van der Waals surface area contributed by atoms with E-state index in [0.29, 0.717) is 32.0 Å². The van der Waals surface area contributed by atoms with Crippen molar-refractivity contribution in [2.75, 3.05) is 11.1 Å². The molecule has 2 rings (SSSR count). The summed E-state index contributed by atoms with van der Waals surface area (Å²) in [6.07, 6.45) is 0. The van der Waals surface area contributed by atoms with Crippen LogP contribution in [-0.2, 0) is 0 Å². The maximum absolute atomic E-state index is 12.2. The van der Waals surface area contributed by atoms with Gasteiger partial charge < -0.3 is 11.1 Å². The van der Waals surface area contributed by atoms with E-state index in [1.54, 1.807) is 12.1 Å². The fraction of sp³-hybridized carbons (Fsp3) is 0.0714. The summed E-state index contributed by atoms with van der Waals surface area (Å²) in [6.45, 7) is 1.88. The second-order valence-electron chi connectivity index (χ2n) is 4.29. The van der Waals surface area contributed by atoms with E-state index >= 15 is 0 Å². The van der Waals surface area contributed by atoms with E-state index in [1.807, 2.05) is 13.0 Å². The number of nitrogen functional groups attached to an aromatic ring is 1. The highest BCUT2D eigenvalue weighted by molar-refractivity contribution is 6.44. The first-order valence-corrected chi connectivity index (χ1v) is 6.84. The molecule has 0 radical (unpaired) electrons. The van der Waals surface area contributed by atoms with Crippen LogP contribution in [0.5, 0.6) is 0 Å². The standard InChI is InChI=1S/C14H11Cl3N2O/c1-7-2-3-12(18)8(4-7)14(20)19-13-6-10(16)9(15)5-11(13)17/h2-6H,18H2,1H3,(H,19,20). The third kappa shape index (κ3) is 3.18. The summed E-state index contributed by atoms with van der Waals surface area (Å²) in [7, 11) is 0. The highest BCUT2D eigenvalue weighted by Gasteiger charge is 2.13. The molecule has 0 saturated heterocycles. The Bertz CT molecular complexity index is 686. The lowest BCUT2D eigenvalue weighted by molar-refractivity contribution is 0.102. The van der Waals surface area contributed by atoms with Crippen molar-refractivity contribution >= 4 is 52.1 Å². The predicted molar refractivity (Wildman–Crippen MR) is 85.0 cm³/mol. The third-order valence-electron chi connectivity index (χ3n) is 2.71. The van der Waals surface area contributed by atoms with E-state index < -0.39 is 0 Å². The molecule has 1 amide bonds. The number of nitrogens with one attached hydrogen (secondary N) is 1. The first-order valence-electron chi connectivity index (χ1n) is 5.70. The zero-order valence-corrected chi connectivity index (χ0v) is 12.8. The maximum atomic E-state index is 12.2. The van der Waals surface area contributed by atoms with Crippen molar-refractivity contribution in [2.45, 2.75) is 6.92 Å². The molecule has 0 aliphatic rings. The largest absolute Gasteiger partial charge is 0.398 e. The van der Waals surface area contributed by atoms with Gasteiger partial charge in [-0.15, -0.1) is 0 Å². The van der Waals surface area contributed by atoms with Crippen LogP contribution in [-0.4, -0.2) is 5.91 Å². The van der Waals surface area contributed by atoms with Gasteiger partial charge in [-0.1, -0.05) is 46.4 Å². The van der Waals surface area contributed by atoms with Crippen molar-refractivity contribution in [1.82, 2.24) is 0 Å². The lowest BCUT2D eigenvalue weighted by Gasteiger charge is -2.10. The van der Waals surface area contributed by atoms with Crippen molar-refractivity contribution < 1.29 is 4.79 Å². The molecule has 2 aromatic rings. The van der Waals surface area contributed by atoms with E-state index in [2.05, 4.69) is 5.32 Å². The third-order valence-corrected chi connectivity index (χ3v) is 3.75. The average Bonchev–Trinajstić information content (AvgIpc) is 2.38. The molecule has 0 fully saturated rings. The van der Waals surface area contributed by atoms with Crippen molar-refractivity contribution in [2.24, 2.45) is 0 Å². The van der Waals surface area contributed by atoms with Gasteiger partial charge in [0.2, 0.25) is 0 Å². The van der Waals surface area contributed by atoms with Gasteiger partial charge in [-0.25, -0.2) is 0 Å². The maximum Gasteiger partial charge on any atom is 0.257 e. The quantitative estimate of drug-likeness (QED) is 0.615. The highest BCUT2D eigenvalue weighted by Crippen LogP contribution is 2.32. The number of carbonyl (C=O) groups excluding carboxylic acids is 1. The molecule has 0 bridgehead atoms. The van der Waals surface area contributed by atoms with Crippen LogP contribution in [0, 0.1) is 6.92 Å². The molecule has 6 heteroatoms. The minimum Gasteiger partial charge on any atom is -0.398 e. The normalized spacial score (nSPS) is 10.4. The van der Waals surface area contributed by atoms with Crippen LogP contribution in [0.4, 0.5) is 11.4 Å². The molecule has 0 aliphatic heterocycles. The van der Waals surface area contributed by atoms with Gasteiger partial charge in [0.25, 0.3) is 5.91 Å². The van der Waals surface area contributed by atoms with Crippen LogP contribution < -0.4 is 11.1 Å². The molecule has 20 heavy (non-hydrogen) atoms. The van der Waals surface area contributed by atoms with Crippen LogP contribution in [0.3, 0.4) is 0 Å². The number of aryl methyl sites for hydroxylation is 1. The average molecular weight is 330 g/mol. The summed E-state index contributed by atoms with van der Waals surface area (Å²) >= 11 is 17.8. The van der Waals surface area contributed by atoms with E-state index in [-0.39, 0.29) is 5.91 Å². The topological polar surface area (TPSA) is 55.1 Å². The first kappa shape index (κ1) is 15.0. The van der Waals surface area contributed by atoms with Gasteiger partial charge in [-0.05, 0) is 31.2 Å². The van der Waals surface area contributed by atoms with Crippen LogP contribution in [0.1, 0.15) is 15.9 Å². The SMILES string of the molecule is Cc1ccc(N)c(C(=O)Nc2cc(Cl)c(Cl)cc2Cl)c1. The first-order chi connectivity index (χ1) is 9.38. The van der Waals surface area contributed by atoms with Crippen LogP contribution in [0.15, 0.2) is 30.3 Å². The molecule has 104 valence electrons. The van der Waals surface area contributed by atoms with Gasteiger partial charge in [0.05, 0.1) is 26.3 Å².